The van der Waals surface area contributed by atoms with Crippen molar-refractivity contribution in [3.63, 3.8) is 0 Å². The number of hydrogen-bond donors (Lipinski definition) is 2. The van der Waals surface area contributed by atoms with Gasteiger partial charge in [-0.2, -0.15) is 13.2 Å². The fraction of sp³-hybridized carbons (Fsp3) is 0.500. The number of carbonyl (C=O) groups is 1. The second-order valence-corrected chi connectivity index (χ2v) is 3.03. The molecule has 0 saturated carbocycles. The van der Waals surface area contributed by atoms with Crippen molar-refractivity contribution in [3.05, 3.63) is 17.8 Å². The Morgan fingerprint density at radius 3 is 2.75 bits per heavy atom. The van der Waals surface area contributed by atoms with Gasteiger partial charge in [-0.15, -0.1) is 0 Å². The number of aliphatic hydroxyl groups excluding tert-OH is 1. The van der Waals surface area contributed by atoms with Crippen molar-refractivity contribution in [2.24, 2.45) is 0 Å². The molecule has 0 aliphatic heterocycles. The van der Waals surface area contributed by atoms with Gasteiger partial charge in [0.1, 0.15) is 0 Å². The Morgan fingerprint density at radius 2 is 2.31 bits per heavy atom. The molecule has 0 saturated heterocycles. The minimum absolute atomic E-state index is 0.172. The van der Waals surface area contributed by atoms with Gasteiger partial charge in [0.25, 0.3) is 5.91 Å². The maximum Gasteiger partial charge on any atom is 0.416 e. The summed E-state index contributed by atoms with van der Waals surface area (Å²) in [5.74, 6) is -1.02. The van der Waals surface area contributed by atoms with Gasteiger partial charge in [-0.05, 0) is 6.92 Å². The van der Waals surface area contributed by atoms with Crippen LogP contribution in [-0.2, 0) is 0 Å². The summed E-state index contributed by atoms with van der Waals surface area (Å²) >= 11 is 0. The Balaban J connectivity index is 2.52. The standard InChI is InChI=1S/C8H9F3N2O3/c1-4-6(16-3-13-4)7(15)12-2-5(14)8(9,10)11/h3,5,14H,2H2,1H3,(H,12,15). The lowest BCUT2D eigenvalue weighted by atomic mass is 10.3. The predicted molar refractivity (Wildman–Crippen MR) is 45.6 cm³/mol. The molecule has 1 unspecified atom stereocenters. The fourth-order valence-electron chi connectivity index (χ4n) is 0.905. The van der Waals surface area contributed by atoms with Crippen LogP contribution in [0, 0.1) is 6.92 Å². The number of carbonyl (C=O) groups excluding carboxylic acids is 1. The highest BCUT2D eigenvalue weighted by molar-refractivity contribution is 5.92. The summed E-state index contributed by atoms with van der Waals surface area (Å²) in [5.41, 5.74) is 0.263. The molecule has 1 amide bonds. The van der Waals surface area contributed by atoms with Crippen molar-refractivity contribution >= 4 is 5.91 Å². The van der Waals surface area contributed by atoms with E-state index in [1.165, 1.54) is 6.92 Å². The van der Waals surface area contributed by atoms with Crippen molar-refractivity contribution in [1.82, 2.24) is 10.3 Å². The normalized spacial score (nSPS) is 13.6. The van der Waals surface area contributed by atoms with Crippen LogP contribution < -0.4 is 5.32 Å². The number of aromatic nitrogens is 1. The number of alkyl halides is 3. The topological polar surface area (TPSA) is 75.4 Å². The number of oxazole rings is 1. The molecule has 0 aliphatic rings. The summed E-state index contributed by atoms with van der Waals surface area (Å²) in [6.07, 6.45) is -6.35. The van der Waals surface area contributed by atoms with E-state index < -0.39 is 24.7 Å². The minimum Gasteiger partial charge on any atom is -0.438 e. The van der Waals surface area contributed by atoms with E-state index in [2.05, 4.69) is 9.40 Å². The smallest absolute Gasteiger partial charge is 0.416 e. The largest absolute Gasteiger partial charge is 0.438 e. The first-order valence-electron chi connectivity index (χ1n) is 4.25. The summed E-state index contributed by atoms with van der Waals surface area (Å²) in [6, 6.07) is 0. The number of amides is 1. The van der Waals surface area contributed by atoms with Crippen LogP contribution in [0.25, 0.3) is 0 Å². The number of nitrogens with one attached hydrogen (secondary N) is 1. The number of halogens is 3. The Bertz CT molecular complexity index is 375. The Labute approximate surface area is 88.3 Å². The number of aliphatic hydroxyl groups is 1. The van der Waals surface area contributed by atoms with Crippen molar-refractivity contribution in [2.45, 2.75) is 19.2 Å². The first-order valence-corrected chi connectivity index (χ1v) is 4.25. The molecular formula is C8H9F3N2O3. The van der Waals surface area contributed by atoms with E-state index in [0.29, 0.717) is 0 Å². The first-order chi connectivity index (χ1) is 7.32. The zero-order valence-corrected chi connectivity index (χ0v) is 8.21. The molecule has 0 aromatic carbocycles. The minimum atomic E-state index is -4.76. The van der Waals surface area contributed by atoms with Crippen LogP contribution >= 0.6 is 0 Å². The van der Waals surface area contributed by atoms with E-state index in [4.69, 9.17) is 5.11 Å². The fourth-order valence-corrected chi connectivity index (χ4v) is 0.905. The SMILES string of the molecule is Cc1ncoc1C(=O)NCC(O)C(F)(F)F. The van der Waals surface area contributed by atoms with Gasteiger partial charge < -0.3 is 14.8 Å². The van der Waals surface area contributed by atoms with Gasteiger partial charge in [0.05, 0.1) is 12.2 Å². The Morgan fingerprint density at radius 1 is 1.69 bits per heavy atom. The molecule has 90 valence electrons. The third kappa shape index (κ3) is 2.96. The van der Waals surface area contributed by atoms with Crippen LogP contribution in [0.2, 0.25) is 0 Å². The molecule has 5 nitrogen and oxygen atoms in total. The quantitative estimate of drug-likeness (QED) is 0.810. The number of aryl methyl sites for hydroxylation is 1. The molecule has 1 rings (SSSR count). The van der Waals surface area contributed by atoms with Crippen LogP contribution in [0.15, 0.2) is 10.8 Å². The molecule has 1 aromatic rings. The predicted octanol–water partition coefficient (Wildman–Crippen LogP) is 0.636. The van der Waals surface area contributed by atoms with E-state index in [9.17, 15) is 18.0 Å². The molecule has 0 bridgehead atoms. The van der Waals surface area contributed by atoms with Crippen molar-refractivity contribution < 1.29 is 27.5 Å². The number of hydrogen-bond acceptors (Lipinski definition) is 4. The first kappa shape index (κ1) is 12.5. The molecule has 2 N–H and O–H groups in total. The van der Waals surface area contributed by atoms with Crippen LogP contribution in [0.1, 0.15) is 16.2 Å². The lowest BCUT2D eigenvalue weighted by Gasteiger charge is -2.14. The third-order valence-electron chi connectivity index (χ3n) is 1.79. The highest BCUT2D eigenvalue weighted by atomic mass is 19.4. The van der Waals surface area contributed by atoms with Crippen molar-refractivity contribution in [2.75, 3.05) is 6.54 Å². The van der Waals surface area contributed by atoms with Gasteiger partial charge in [0.2, 0.25) is 5.76 Å². The van der Waals surface area contributed by atoms with Crippen LogP contribution in [0.3, 0.4) is 0 Å². The highest BCUT2D eigenvalue weighted by Gasteiger charge is 2.38. The van der Waals surface area contributed by atoms with E-state index in [1.807, 2.05) is 5.32 Å². The molecular weight excluding hydrogens is 229 g/mol. The Hall–Kier alpha value is -1.57. The molecule has 16 heavy (non-hydrogen) atoms. The molecule has 0 aliphatic carbocycles. The number of nitrogens with zero attached hydrogens (tertiary/aromatic N) is 1. The zero-order valence-electron chi connectivity index (χ0n) is 8.21. The number of rotatable bonds is 3. The lowest BCUT2D eigenvalue weighted by molar-refractivity contribution is -0.201. The van der Waals surface area contributed by atoms with Crippen molar-refractivity contribution in [3.8, 4) is 0 Å². The van der Waals surface area contributed by atoms with E-state index >= 15 is 0 Å². The zero-order chi connectivity index (χ0) is 12.3. The third-order valence-corrected chi connectivity index (χ3v) is 1.79. The highest BCUT2D eigenvalue weighted by Crippen LogP contribution is 2.19. The average Bonchev–Trinajstić information content (AvgIpc) is 2.58. The average molecular weight is 238 g/mol. The molecule has 0 radical (unpaired) electrons. The second-order valence-electron chi connectivity index (χ2n) is 3.03. The summed E-state index contributed by atoms with van der Waals surface area (Å²) in [7, 11) is 0. The van der Waals surface area contributed by atoms with Gasteiger partial charge in [-0.1, -0.05) is 0 Å². The maximum absolute atomic E-state index is 11.9. The van der Waals surface area contributed by atoms with Gasteiger partial charge in [0.15, 0.2) is 12.5 Å². The van der Waals surface area contributed by atoms with Crippen molar-refractivity contribution in [1.29, 1.82) is 0 Å². The lowest BCUT2D eigenvalue weighted by Crippen LogP contribution is -2.40. The molecule has 0 fully saturated rings. The monoisotopic (exact) mass is 238 g/mol. The molecule has 8 heteroatoms. The van der Waals surface area contributed by atoms with Gasteiger partial charge in [0, 0.05) is 0 Å². The van der Waals surface area contributed by atoms with Crippen LogP contribution in [-0.4, -0.2) is 34.8 Å². The Kier molecular flexibility index (Phi) is 3.53. The van der Waals surface area contributed by atoms with Crippen LogP contribution in [0.5, 0.6) is 0 Å². The van der Waals surface area contributed by atoms with E-state index in [0.717, 1.165) is 6.39 Å². The van der Waals surface area contributed by atoms with Crippen LogP contribution in [0.4, 0.5) is 13.2 Å². The molecule has 1 aromatic heterocycles. The summed E-state index contributed by atoms with van der Waals surface area (Å²) in [4.78, 5) is 14.8. The summed E-state index contributed by atoms with van der Waals surface area (Å²) < 4.78 is 40.3. The maximum atomic E-state index is 11.9. The summed E-state index contributed by atoms with van der Waals surface area (Å²) in [5, 5.41) is 10.5. The van der Waals surface area contributed by atoms with Gasteiger partial charge in [-0.25, -0.2) is 4.98 Å². The van der Waals surface area contributed by atoms with Gasteiger partial charge >= 0.3 is 6.18 Å². The molecule has 0 spiro atoms. The van der Waals surface area contributed by atoms with E-state index in [-0.39, 0.29) is 11.5 Å². The second kappa shape index (κ2) is 4.52. The van der Waals surface area contributed by atoms with Gasteiger partial charge in [-0.3, -0.25) is 4.79 Å². The summed E-state index contributed by atoms with van der Waals surface area (Å²) in [6.45, 7) is 0.543. The van der Waals surface area contributed by atoms with E-state index in [1.54, 1.807) is 0 Å². The molecule has 1 heterocycles. The molecule has 1 atom stereocenters.